The van der Waals surface area contributed by atoms with Crippen LogP contribution in [0.15, 0.2) is 18.3 Å². The molecule has 0 atom stereocenters. The quantitative estimate of drug-likeness (QED) is 0.680. The van der Waals surface area contributed by atoms with Crippen LogP contribution in [0.4, 0.5) is 30.8 Å². The van der Waals surface area contributed by atoms with Crippen LogP contribution in [-0.4, -0.2) is 38.8 Å². The molecule has 142 valence electrons. The number of aromatic nitrogens is 4. The third-order valence-electron chi connectivity index (χ3n) is 4.42. The lowest BCUT2D eigenvalue weighted by atomic mass is 10.1. The molecule has 0 amide bonds. The van der Waals surface area contributed by atoms with Gasteiger partial charge in [-0.3, -0.25) is 4.57 Å². The van der Waals surface area contributed by atoms with E-state index in [9.17, 15) is 13.2 Å². The minimum Gasteiger partial charge on any atom is -0.381 e. The average molecular weight is 378 g/mol. The van der Waals surface area contributed by atoms with Gasteiger partial charge in [0.25, 0.3) is 0 Å². The van der Waals surface area contributed by atoms with Gasteiger partial charge in [-0.2, -0.15) is 4.98 Å². The van der Waals surface area contributed by atoms with Crippen LogP contribution < -0.4 is 10.6 Å². The smallest absolute Gasteiger partial charge is 0.224 e. The molecular weight excluding hydrogens is 361 g/mol. The zero-order valence-electron chi connectivity index (χ0n) is 14.5. The fourth-order valence-corrected chi connectivity index (χ4v) is 2.93. The Hall–Kier alpha value is -2.88. The van der Waals surface area contributed by atoms with Gasteiger partial charge in [0.2, 0.25) is 11.9 Å². The Kier molecular flexibility index (Phi) is 4.56. The second-order valence-corrected chi connectivity index (χ2v) is 6.30. The lowest BCUT2D eigenvalue weighted by Crippen LogP contribution is -2.28. The molecule has 1 fully saturated rings. The number of nitrogens with zero attached hydrogens (tertiary/aromatic N) is 4. The van der Waals surface area contributed by atoms with Gasteiger partial charge in [0.15, 0.2) is 17.3 Å². The number of fused-ring (bicyclic) bond motifs is 1. The molecule has 2 aromatic heterocycles. The Morgan fingerprint density at radius 1 is 1.07 bits per heavy atom. The van der Waals surface area contributed by atoms with Crippen molar-refractivity contribution in [2.75, 3.05) is 23.8 Å². The number of benzene rings is 1. The Morgan fingerprint density at radius 2 is 1.81 bits per heavy atom. The molecule has 1 aliphatic heterocycles. The molecule has 3 heterocycles. The molecule has 0 saturated carbocycles. The van der Waals surface area contributed by atoms with Gasteiger partial charge in [-0.15, -0.1) is 0 Å². The van der Waals surface area contributed by atoms with E-state index in [-0.39, 0.29) is 17.7 Å². The monoisotopic (exact) mass is 378 g/mol. The van der Waals surface area contributed by atoms with Gasteiger partial charge in [0.05, 0.1) is 11.9 Å². The third kappa shape index (κ3) is 3.52. The van der Waals surface area contributed by atoms with E-state index in [2.05, 4.69) is 25.6 Å². The van der Waals surface area contributed by atoms with Crippen molar-refractivity contribution in [3.63, 3.8) is 0 Å². The van der Waals surface area contributed by atoms with Crippen molar-refractivity contribution in [3.8, 4) is 0 Å². The van der Waals surface area contributed by atoms with Gasteiger partial charge < -0.3 is 15.4 Å². The molecule has 1 saturated heterocycles. The minimum atomic E-state index is -1.25. The van der Waals surface area contributed by atoms with Crippen molar-refractivity contribution in [2.24, 2.45) is 7.05 Å². The second kappa shape index (κ2) is 7.03. The molecule has 0 unspecified atom stereocenters. The minimum absolute atomic E-state index is 0.221. The first kappa shape index (κ1) is 17.5. The Labute approximate surface area is 152 Å². The average Bonchev–Trinajstić information content (AvgIpc) is 2.96. The number of imidazole rings is 1. The van der Waals surface area contributed by atoms with Crippen molar-refractivity contribution >= 4 is 28.7 Å². The number of anilines is 3. The Balaban J connectivity index is 1.61. The maximum absolute atomic E-state index is 13.9. The van der Waals surface area contributed by atoms with Crippen LogP contribution in [0, 0.1) is 17.5 Å². The summed E-state index contributed by atoms with van der Waals surface area (Å²) in [5.74, 6) is -2.64. The summed E-state index contributed by atoms with van der Waals surface area (Å²) in [5.41, 5.74) is 0.784. The lowest BCUT2D eigenvalue weighted by Gasteiger charge is -2.22. The number of aryl methyl sites for hydroxylation is 1. The van der Waals surface area contributed by atoms with Crippen molar-refractivity contribution in [2.45, 2.75) is 18.9 Å². The fourth-order valence-electron chi connectivity index (χ4n) is 2.93. The standard InChI is InChI=1S/C17H17F3N6O/c1-26-15-14(8-21-16(25-15)22-9-2-4-27-5-3-9)24-17(26)23-13-7-11(19)10(18)6-12(13)20/h6-9H,2-5H2,1H3,(H,23,24)(H,21,22,25). The largest absolute Gasteiger partial charge is 0.381 e. The summed E-state index contributed by atoms with van der Waals surface area (Å²) >= 11 is 0. The molecule has 7 nitrogen and oxygen atoms in total. The Morgan fingerprint density at radius 3 is 2.59 bits per heavy atom. The first-order valence-corrected chi connectivity index (χ1v) is 8.46. The molecule has 0 aliphatic carbocycles. The summed E-state index contributed by atoms with van der Waals surface area (Å²) < 4.78 is 47.3. The van der Waals surface area contributed by atoms with Crippen LogP contribution in [0.1, 0.15) is 12.8 Å². The predicted molar refractivity (Wildman–Crippen MR) is 93.4 cm³/mol. The van der Waals surface area contributed by atoms with E-state index in [0.29, 0.717) is 36.4 Å². The highest BCUT2D eigenvalue weighted by Gasteiger charge is 2.17. The van der Waals surface area contributed by atoms with Crippen LogP contribution in [0.5, 0.6) is 0 Å². The van der Waals surface area contributed by atoms with Gasteiger partial charge in [0, 0.05) is 38.4 Å². The molecule has 0 radical (unpaired) electrons. The van der Waals surface area contributed by atoms with Crippen molar-refractivity contribution < 1.29 is 17.9 Å². The van der Waals surface area contributed by atoms with E-state index in [0.717, 1.165) is 18.9 Å². The second-order valence-electron chi connectivity index (χ2n) is 6.30. The predicted octanol–water partition coefficient (Wildman–Crippen LogP) is 3.12. The number of rotatable bonds is 4. The summed E-state index contributed by atoms with van der Waals surface area (Å²) in [6.07, 6.45) is 3.29. The van der Waals surface area contributed by atoms with Crippen LogP contribution in [0.3, 0.4) is 0 Å². The SMILES string of the molecule is Cn1c(Nc2cc(F)c(F)cc2F)nc2cnc(NC3CCOCC3)nc21. The van der Waals surface area contributed by atoms with Crippen LogP contribution >= 0.6 is 0 Å². The molecular formula is C17H17F3N6O. The van der Waals surface area contributed by atoms with Gasteiger partial charge in [-0.1, -0.05) is 0 Å². The van der Waals surface area contributed by atoms with Crippen LogP contribution in [0.2, 0.25) is 0 Å². The molecule has 4 rings (SSSR count). The van der Waals surface area contributed by atoms with Gasteiger partial charge >= 0.3 is 0 Å². The molecule has 1 aliphatic rings. The summed E-state index contributed by atoms with van der Waals surface area (Å²) in [6.45, 7) is 1.39. The van der Waals surface area contributed by atoms with E-state index in [1.165, 1.54) is 0 Å². The van der Waals surface area contributed by atoms with Crippen LogP contribution in [-0.2, 0) is 11.8 Å². The molecule has 2 N–H and O–H groups in total. The van der Waals surface area contributed by atoms with Crippen LogP contribution in [0.25, 0.3) is 11.2 Å². The van der Waals surface area contributed by atoms with Crippen molar-refractivity contribution in [1.82, 2.24) is 19.5 Å². The summed E-state index contributed by atoms with van der Waals surface area (Å²) in [6, 6.07) is 1.46. The van der Waals surface area contributed by atoms with Crippen molar-refractivity contribution in [1.29, 1.82) is 0 Å². The third-order valence-corrected chi connectivity index (χ3v) is 4.42. The molecule has 3 aromatic rings. The number of hydrogen-bond donors (Lipinski definition) is 2. The maximum atomic E-state index is 13.9. The number of nitrogens with one attached hydrogen (secondary N) is 2. The number of hydrogen-bond acceptors (Lipinski definition) is 6. The molecule has 1 aromatic carbocycles. The maximum Gasteiger partial charge on any atom is 0.224 e. The molecule has 10 heteroatoms. The zero-order chi connectivity index (χ0) is 19.0. The fraction of sp³-hybridized carbons (Fsp3) is 0.353. The highest BCUT2D eigenvalue weighted by atomic mass is 19.2. The normalized spacial score (nSPS) is 15.3. The number of halogens is 3. The van der Waals surface area contributed by atoms with E-state index in [1.807, 2.05) is 0 Å². The van der Waals surface area contributed by atoms with Gasteiger partial charge in [-0.25, -0.2) is 23.1 Å². The molecule has 27 heavy (non-hydrogen) atoms. The summed E-state index contributed by atoms with van der Waals surface area (Å²) in [5, 5.41) is 5.93. The van der Waals surface area contributed by atoms with Gasteiger partial charge in [-0.05, 0) is 12.8 Å². The zero-order valence-corrected chi connectivity index (χ0v) is 14.5. The highest BCUT2D eigenvalue weighted by Crippen LogP contribution is 2.25. The van der Waals surface area contributed by atoms with E-state index >= 15 is 0 Å². The summed E-state index contributed by atoms with van der Waals surface area (Å²) in [4.78, 5) is 13.0. The van der Waals surface area contributed by atoms with E-state index < -0.39 is 17.5 Å². The van der Waals surface area contributed by atoms with Crippen molar-refractivity contribution in [3.05, 3.63) is 35.8 Å². The van der Waals surface area contributed by atoms with E-state index in [4.69, 9.17) is 4.74 Å². The first-order valence-electron chi connectivity index (χ1n) is 8.46. The Bertz CT molecular complexity index is 986. The topological polar surface area (TPSA) is 76.9 Å². The van der Waals surface area contributed by atoms with Gasteiger partial charge in [0.1, 0.15) is 11.3 Å². The molecule has 0 spiro atoms. The first-order chi connectivity index (χ1) is 13.0. The van der Waals surface area contributed by atoms with E-state index in [1.54, 1.807) is 17.8 Å². The lowest BCUT2D eigenvalue weighted by molar-refractivity contribution is 0.0903. The molecule has 0 bridgehead atoms. The number of ether oxygens (including phenoxy) is 1. The summed E-state index contributed by atoms with van der Waals surface area (Å²) in [7, 11) is 1.68. The highest BCUT2D eigenvalue weighted by molar-refractivity contribution is 5.76.